The molecule has 0 unspecified atom stereocenters. The minimum absolute atomic E-state index is 0.0633. The molecule has 2 aromatic carbocycles. The van der Waals surface area contributed by atoms with Crippen LogP contribution in [0.4, 0.5) is 5.69 Å². The third kappa shape index (κ3) is 7.45. The van der Waals surface area contributed by atoms with Crippen molar-refractivity contribution in [2.24, 2.45) is 0 Å². The smallest absolute Gasteiger partial charge is 0.244 e. The molecule has 7 nitrogen and oxygen atoms in total. The van der Waals surface area contributed by atoms with E-state index in [-0.39, 0.29) is 18.5 Å². The van der Waals surface area contributed by atoms with Crippen molar-refractivity contribution in [2.45, 2.75) is 52.2 Å². The van der Waals surface area contributed by atoms with Crippen molar-refractivity contribution in [3.8, 4) is 0 Å². The molecule has 0 radical (unpaired) electrons. The summed E-state index contributed by atoms with van der Waals surface area (Å²) >= 11 is 9.72. The van der Waals surface area contributed by atoms with E-state index in [9.17, 15) is 18.0 Å². The number of anilines is 1. The maximum absolute atomic E-state index is 13.6. The van der Waals surface area contributed by atoms with Gasteiger partial charge in [-0.05, 0) is 59.5 Å². The van der Waals surface area contributed by atoms with Crippen LogP contribution in [0.1, 0.15) is 39.2 Å². The monoisotopic (exact) mass is 571 g/mol. The lowest BCUT2D eigenvalue weighted by molar-refractivity contribution is -0.140. The van der Waals surface area contributed by atoms with Crippen LogP contribution in [0.5, 0.6) is 0 Å². The molecule has 34 heavy (non-hydrogen) atoms. The second-order valence-corrected chi connectivity index (χ2v) is 11.2. The fourth-order valence-electron chi connectivity index (χ4n) is 3.42. The summed E-state index contributed by atoms with van der Waals surface area (Å²) in [6, 6.07) is 13.0. The first-order valence-corrected chi connectivity index (χ1v) is 14.1. The Morgan fingerprint density at radius 2 is 1.68 bits per heavy atom. The van der Waals surface area contributed by atoms with E-state index in [2.05, 4.69) is 21.2 Å². The van der Waals surface area contributed by atoms with E-state index < -0.39 is 28.5 Å². The Kier molecular flexibility index (Phi) is 10.4. The number of hydrogen-bond donors (Lipinski definition) is 1. The summed E-state index contributed by atoms with van der Waals surface area (Å²) in [4.78, 5) is 28.1. The standard InChI is InChI=1S/C24H31BrClN3O4S/c1-5-17(3)27-24(31)21(6-2)28(15-18-11-7-9-13-20(18)26)23(30)16-29(34(4,32)33)22-14-10-8-12-19(22)25/h7-14,17,21H,5-6,15-16H2,1-4H3,(H,27,31)/t17-,21-/m0/s1. The number of sulfonamides is 1. The molecule has 2 rings (SSSR count). The fourth-order valence-corrected chi connectivity index (χ4v) is 5.09. The lowest BCUT2D eigenvalue weighted by Crippen LogP contribution is -2.53. The normalized spacial score (nSPS) is 13.1. The molecule has 0 fully saturated rings. The number of para-hydroxylation sites is 1. The Balaban J connectivity index is 2.47. The van der Waals surface area contributed by atoms with E-state index in [1.165, 1.54) is 4.90 Å². The summed E-state index contributed by atoms with van der Waals surface area (Å²) in [5.41, 5.74) is 1.01. The van der Waals surface area contributed by atoms with E-state index in [4.69, 9.17) is 11.6 Å². The van der Waals surface area contributed by atoms with Gasteiger partial charge in [-0.25, -0.2) is 8.42 Å². The van der Waals surface area contributed by atoms with Gasteiger partial charge in [-0.3, -0.25) is 13.9 Å². The number of carbonyl (C=O) groups is 2. The summed E-state index contributed by atoms with van der Waals surface area (Å²) in [5, 5.41) is 3.40. The molecule has 0 aromatic heterocycles. The number of rotatable bonds is 11. The summed E-state index contributed by atoms with van der Waals surface area (Å²) in [6.45, 7) is 5.27. The SMILES string of the molecule is CC[C@H](C)NC(=O)[C@H](CC)N(Cc1ccccc1Cl)C(=O)CN(c1ccccc1Br)S(C)(=O)=O. The van der Waals surface area contributed by atoms with E-state index in [1.54, 1.807) is 48.5 Å². The largest absolute Gasteiger partial charge is 0.352 e. The van der Waals surface area contributed by atoms with Gasteiger partial charge in [0.2, 0.25) is 21.8 Å². The summed E-state index contributed by atoms with van der Waals surface area (Å²) < 4.78 is 26.9. The van der Waals surface area contributed by atoms with Gasteiger partial charge in [0.05, 0.1) is 11.9 Å². The van der Waals surface area contributed by atoms with Crippen LogP contribution in [0.2, 0.25) is 5.02 Å². The van der Waals surface area contributed by atoms with Crippen molar-refractivity contribution in [1.29, 1.82) is 0 Å². The van der Waals surface area contributed by atoms with Crippen molar-refractivity contribution >= 4 is 55.1 Å². The number of nitrogens with zero attached hydrogens (tertiary/aromatic N) is 2. The molecular weight excluding hydrogens is 542 g/mol. The molecular formula is C24H31BrClN3O4S. The van der Waals surface area contributed by atoms with Gasteiger partial charge < -0.3 is 10.2 Å². The number of halogens is 2. The molecule has 2 amide bonds. The first kappa shape index (κ1) is 28.1. The van der Waals surface area contributed by atoms with E-state index in [0.717, 1.165) is 17.0 Å². The molecule has 0 aliphatic carbocycles. The average molecular weight is 573 g/mol. The summed E-state index contributed by atoms with van der Waals surface area (Å²) in [7, 11) is -3.80. The highest BCUT2D eigenvalue weighted by atomic mass is 79.9. The first-order chi connectivity index (χ1) is 16.0. The molecule has 0 bridgehead atoms. The van der Waals surface area contributed by atoms with Crippen LogP contribution >= 0.6 is 27.5 Å². The molecule has 0 aliphatic rings. The maximum Gasteiger partial charge on any atom is 0.244 e. The molecule has 10 heteroatoms. The molecule has 0 aliphatic heterocycles. The Morgan fingerprint density at radius 1 is 1.06 bits per heavy atom. The number of nitrogens with one attached hydrogen (secondary N) is 1. The third-order valence-corrected chi connectivity index (χ3v) is 7.65. The van der Waals surface area contributed by atoms with Crippen LogP contribution in [0.15, 0.2) is 53.0 Å². The van der Waals surface area contributed by atoms with Crippen molar-refractivity contribution in [3.63, 3.8) is 0 Å². The minimum Gasteiger partial charge on any atom is -0.352 e. The minimum atomic E-state index is -3.80. The van der Waals surface area contributed by atoms with Crippen LogP contribution in [-0.2, 0) is 26.2 Å². The van der Waals surface area contributed by atoms with Gasteiger partial charge in [0, 0.05) is 22.1 Å². The van der Waals surface area contributed by atoms with Crippen LogP contribution in [-0.4, -0.2) is 50.0 Å². The molecule has 1 N–H and O–H groups in total. The van der Waals surface area contributed by atoms with Crippen LogP contribution < -0.4 is 9.62 Å². The lowest BCUT2D eigenvalue weighted by atomic mass is 10.1. The second kappa shape index (κ2) is 12.6. The van der Waals surface area contributed by atoms with Crippen LogP contribution in [0, 0.1) is 0 Å². The number of amides is 2. The molecule has 0 heterocycles. The molecule has 186 valence electrons. The zero-order chi connectivity index (χ0) is 25.5. The van der Waals surface area contributed by atoms with E-state index in [1.807, 2.05) is 20.8 Å². The molecule has 2 aromatic rings. The number of carbonyl (C=O) groups excluding carboxylic acids is 2. The van der Waals surface area contributed by atoms with Gasteiger partial charge in [0.1, 0.15) is 12.6 Å². The van der Waals surface area contributed by atoms with E-state index >= 15 is 0 Å². The maximum atomic E-state index is 13.6. The van der Waals surface area contributed by atoms with Crippen molar-refractivity contribution in [2.75, 3.05) is 17.1 Å². The summed E-state index contributed by atoms with van der Waals surface area (Å²) in [5.74, 6) is -0.795. The van der Waals surface area contributed by atoms with Crippen molar-refractivity contribution in [3.05, 3.63) is 63.6 Å². The molecule has 0 spiro atoms. The number of hydrogen-bond acceptors (Lipinski definition) is 4. The van der Waals surface area contributed by atoms with Crippen LogP contribution in [0.25, 0.3) is 0 Å². The van der Waals surface area contributed by atoms with Crippen molar-refractivity contribution in [1.82, 2.24) is 10.2 Å². The third-order valence-electron chi connectivity index (χ3n) is 5.49. The topological polar surface area (TPSA) is 86.8 Å². The highest BCUT2D eigenvalue weighted by Crippen LogP contribution is 2.28. The Labute approximate surface area is 215 Å². The zero-order valence-electron chi connectivity index (χ0n) is 19.8. The first-order valence-electron chi connectivity index (χ1n) is 11.0. The summed E-state index contributed by atoms with van der Waals surface area (Å²) in [6.07, 6.45) is 2.14. The lowest BCUT2D eigenvalue weighted by Gasteiger charge is -2.33. The number of benzene rings is 2. The van der Waals surface area contributed by atoms with Gasteiger partial charge >= 0.3 is 0 Å². The molecule has 0 saturated heterocycles. The quantitative estimate of drug-likeness (QED) is 0.427. The second-order valence-electron chi connectivity index (χ2n) is 8.08. The molecule has 2 atom stereocenters. The highest BCUT2D eigenvalue weighted by Gasteiger charge is 2.32. The Bertz CT molecular complexity index is 1110. The van der Waals surface area contributed by atoms with Crippen molar-refractivity contribution < 1.29 is 18.0 Å². The van der Waals surface area contributed by atoms with Gasteiger partial charge in [-0.15, -0.1) is 0 Å². The predicted octanol–water partition coefficient (Wildman–Crippen LogP) is 4.59. The van der Waals surface area contributed by atoms with E-state index in [0.29, 0.717) is 27.2 Å². The van der Waals surface area contributed by atoms with Gasteiger partial charge in [0.15, 0.2) is 0 Å². The zero-order valence-corrected chi connectivity index (χ0v) is 23.0. The fraction of sp³-hybridized carbons (Fsp3) is 0.417. The van der Waals surface area contributed by atoms with Gasteiger partial charge in [-0.2, -0.15) is 0 Å². The molecule has 0 saturated carbocycles. The predicted molar refractivity (Wildman–Crippen MR) is 140 cm³/mol. The van der Waals surface area contributed by atoms with Gasteiger partial charge in [-0.1, -0.05) is 55.8 Å². The highest BCUT2D eigenvalue weighted by molar-refractivity contribution is 9.10. The Morgan fingerprint density at radius 3 is 2.24 bits per heavy atom. The average Bonchev–Trinajstić information content (AvgIpc) is 2.78. The Hall–Kier alpha value is -2.10. The van der Waals surface area contributed by atoms with Gasteiger partial charge in [0.25, 0.3) is 0 Å². The van der Waals surface area contributed by atoms with Crippen LogP contribution in [0.3, 0.4) is 0 Å².